The molecule has 2 nitrogen and oxygen atoms in total. The first kappa shape index (κ1) is 9.44. The number of rotatable bonds is 1. The lowest BCUT2D eigenvalue weighted by Gasteiger charge is -2.27. The zero-order valence-electron chi connectivity index (χ0n) is 8.46. The maximum Gasteiger partial charge on any atom is 0.217 e. The number of nitrogens with zero attached hydrogens (tertiary/aromatic N) is 2. The summed E-state index contributed by atoms with van der Waals surface area (Å²) in [5, 5.41) is 0. The van der Waals surface area contributed by atoms with Crippen LogP contribution in [-0.4, -0.2) is 18.1 Å². The fourth-order valence-corrected chi connectivity index (χ4v) is 1.79. The minimum Gasteiger partial charge on any atom is -0.357 e. The second-order valence-electron chi connectivity index (χ2n) is 3.82. The van der Waals surface area contributed by atoms with Crippen molar-refractivity contribution in [2.24, 2.45) is 0 Å². The summed E-state index contributed by atoms with van der Waals surface area (Å²) in [6.45, 7) is 3.76. The normalized spacial score (nSPS) is 17.1. The molecule has 0 atom stereocenters. The van der Waals surface area contributed by atoms with E-state index >= 15 is 0 Å². The molecule has 0 bridgehead atoms. The third kappa shape index (κ3) is 1.86. The van der Waals surface area contributed by atoms with Crippen LogP contribution in [0.2, 0.25) is 0 Å². The van der Waals surface area contributed by atoms with E-state index in [1.165, 1.54) is 19.3 Å². The van der Waals surface area contributed by atoms with Crippen molar-refractivity contribution in [3.63, 3.8) is 0 Å². The number of halogens is 1. The smallest absolute Gasteiger partial charge is 0.217 e. The van der Waals surface area contributed by atoms with Gasteiger partial charge in [0.1, 0.15) is 5.82 Å². The molecule has 3 heteroatoms. The summed E-state index contributed by atoms with van der Waals surface area (Å²) in [5.74, 6) is 0.445. The van der Waals surface area contributed by atoms with Gasteiger partial charge in [0.2, 0.25) is 5.95 Å². The van der Waals surface area contributed by atoms with E-state index in [0.717, 1.165) is 18.9 Å². The molecule has 0 aromatic carbocycles. The second kappa shape index (κ2) is 3.95. The molecular weight excluding hydrogens is 179 g/mol. The highest BCUT2D eigenvalue weighted by atomic mass is 19.1. The molecule has 0 N–H and O–H groups in total. The molecule has 1 aromatic heterocycles. The van der Waals surface area contributed by atoms with Gasteiger partial charge in [-0.25, -0.2) is 4.98 Å². The quantitative estimate of drug-likeness (QED) is 0.638. The van der Waals surface area contributed by atoms with E-state index in [4.69, 9.17) is 0 Å². The van der Waals surface area contributed by atoms with Crippen molar-refractivity contribution in [1.82, 2.24) is 4.98 Å². The molecule has 0 amide bonds. The molecule has 1 aromatic rings. The first-order chi connectivity index (χ1) is 6.77. The number of piperidine rings is 1. The van der Waals surface area contributed by atoms with Crippen molar-refractivity contribution >= 4 is 5.82 Å². The van der Waals surface area contributed by atoms with E-state index in [1.54, 1.807) is 13.0 Å². The van der Waals surface area contributed by atoms with Gasteiger partial charge in [0.25, 0.3) is 0 Å². The number of aromatic nitrogens is 1. The van der Waals surface area contributed by atoms with Crippen LogP contribution in [0.3, 0.4) is 0 Å². The summed E-state index contributed by atoms with van der Waals surface area (Å²) in [7, 11) is 0. The van der Waals surface area contributed by atoms with E-state index in [1.807, 2.05) is 6.07 Å². The predicted molar refractivity (Wildman–Crippen MR) is 55.0 cm³/mol. The van der Waals surface area contributed by atoms with Gasteiger partial charge in [0.05, 0.1) is 0 Å². The summed E-state index contributed by atoms with van der Waals surface area (Å²) in [5.41, 5.74) is 0.616. The zero-order valence-corrected chi connectivity index (χ0v) is 8.46. The van der Waals surface area contributed by atoms with Crippen LogP contribution in [0.25, 0.3) is 0 Å². The molecule has 0 unspecified atom stereocenters. The minimum absolute atomic E-state index is 0.340. The van der Waals surface area contributed by atoms with Crippen molar-refractivity contribution in [3.05, 3.63) is 23.6 Å². The second-order valence-corrected chi connectivity index (χ2v) is 3.82. The Bertz CT molecular complexity index is 319. The highest BCUT2D eigenvalue weighted by Crippen LogP contribution is 2.18. The van der Waals surface area contributed by atoms with Crippen LogP contribution in [0.4, 0.5) is 10.2 Å². The summed E-state index contributed by atoms with van der Waals surface area (Å²) in [6.07, 6.45) is 3.67. The number of hydrogen-bond donors (Lipinski definition) is 0. The van der Waals surface area contributed by atoms with E-state index < -0.39 is 0 Å². The Morgan fingerprint density at radius 3 is 2.57 bits per heavy atom. The van der Waals surface area contributed by atoms with Gasteiger partial charge in [0, 0.05) is 18.7 Å². The van der Waals surface area contributed by atoms with Gasteiger partial charge in [-0.2, -0.15) is 4.39 Å². The summed E-state index contributed by atoms with van der Waals surface area (Å²) in [6, 6.07) is 3.70. The maximum atomic E-state index is 13.2. The standard InChI is InChI=1S/C11H15FN2/c1-9-5-6-10(13-11(9)12)14-7-3-2-4-8-14/h5-6H,2-4,7-8H2,1H3. The Kier molecular flexibility index (Phi) is 2.66. The molecule has 0 aliphatic carbocycles. The lowest BCUT2D eigenvalue weighted by Crippen LogP contribution is -2.30. The average Bonchev–Trinajstić information content (AvgIpc) is 2.23. The number of hydrogen-bond acceptors (Lipinski definition) is 2. The Balaban J connectivity index is 2.18. The van der Waals surface area contributed by atoms with E-state index in [-0.39, 0.29) is 5.95 Å². The van der Waals surface area contributed by atoms with Crippen LogP contribution in [0.15, 0.2) is 12.1 Å². The van der Waals surface area contributed by atoms with Gasteiger partial charge in [-0.1, -0.05) is 6.07 Å². The first-order valence-electron chi connectivity index (χ1n) is 5.15. The molecular formula is C11H15FN2. The first-order valence-corrected chi connectivity index (χ1v) is 5.15. The highest BCUT2D eigenvalue weighted by Gasteiger charge is 2.12. The molecule has 2 rings (SSSR count). The topological polar surface area (TPSA) is 16.1 Å². The summed E-state index contributed by atoms with van der Waals surface area (Å²) in [4.78, 5) is 6.11. The van der Waals surface area contributed by atoms with Crippen molar-refractivity contribution in [1.29, 1.82) is 0 Å². The number of anilines is 1. The molecule has 1 saturated heterocycles. The summed E-state index contributed by atoms with van der Waals surface area (Å²) < 4.78 is 13.2. The largest absolute Gasteiger partial charge is 0.357 e. The van der Waals surface area contributed by atoms with Crippen molar-refractivity contribution < 1.29 is 4.39 Å². The van der Waals surface area contributed by atoms with Gasteiger partial charge in [-0.15, -0.1) is 0 Å². The molecule has 1 aliphatic heterocycles. The third-order valence-corrected chi connectivity index (χ3v) is 2.70. The molecule has 0 spiro atoms. The van der Waals surface area contributed by atoms with Gasteiger partial charge in [-0.05, 0) is 32.3 Å². The Hall–Kier alpha value is -1.12. The van der Waals surface area contributed by atoms with Crippen molar-refractivity contribution in [2.45, 2.75) is 26.2 Å². The molecule has 1 aliphatic rings. The molecule has 0 saturated carbocycles. The molecule has 14 heavy (non-hydrogen) atoms. The van der Waals surface area contributed by atoms with Crippen LogP contribution in [0.5, 0.6) is 0 Å². The van der Waals surface area contributed by atoms with Crippen LogP contribution >= 0.6 is 0 Å². The number of aryl methyl sites for hydroxylation is 1. The van der Waals surface area contributed by atoms with Crippen molar-refractivity contribution in [3.8, 4) is 0 Å². The SMILES string of the molecule is Cc1ccc(N2CCCCC2)nc1F. The Labute approximate surface area is 83.8 Å². The lowest BCUT2D eigenvalue weighted by molar-refractivity contribution is 0.549. The zero-order chi connectivity index (χ0) is 9.97. The average molecular weight is 194 g/mol. The molecule has 2 heterocycles. The summed E-state index contributed by atoms with van der Waals surface area (Å²) >= 11 is 0. The number of pyridine rings is 1. The predicted octanol–water partition coefficient (Wildman–Crippen LogP) is 2.52. The van der Waals surface area contributed by atoms with Crippen LogP contribution in [0, 0.1) is 12.9 Å². The van der Waals surface area contributed by atoms with Gasteiger partial charge in [0.15, 0.2) is 0 Å². The van der Waals surface area contributed by atoms with E-state index in [9.17, 15) is 4.39 Å². The fourth-order valence-electron chi connectivity index (χ4n) is 1.79. The Morgan fingerprint density at radius 2 is 1.93 bits per heavy atom. The van der Waals surface area contributed by atoms with Gasteiger partial charge < -0.3 is 4.90 Å². The van der Waals surface area contributed by atoms with E-state index in [0.29, 0.717) is 5.56 Å². The highest BCUT2D eigenvalue weighted by molar-refractivity contribution is 5.39. The fraction of sp³-hybridized carbons (Fsp3) is 0.545. The maximum absolute atomic E-state index is 13.2. The van der Waals surface area contributed by atoms with E-state index in [2.05, 4.69) is 9.88 Å². The third-order valence-electron chi connectivity index (χ3n) is 2.70. The molecule has 1 fully saturated rings. The monoisotopic (exact) mass is 194 g/mol. The molecule has 0 radical (unpaired) electrons. The van der Waals surface area contributed by atoms with Crippen LogP contribution < -0.4 is 4.90 Å². The molecule has 76 valence electrons. The van der Waals surface area contributed by atoms with Crippen LogP contribution in [-0.2, 0) is 0 Å². The van der Waals surface area contributed by atoms with Crippen LogP contribution in [0.1, 0.15) is 24.8 Å². The minimum atomic E-state index is -0.340. The Morgan fingerprint density at radius 1 is 1.21 bits per heavy atom. The van der Waals surface area contributed by atoms with Gasteiger partial charge in [-0.3, -0.25) is 0 Å². The van der Waals surface area contributed by atoms with Crippen molar-refractivity contribution in [2.75, 3.05) is 18.0 Å². The lowest BCUT2D eigenvalue weighted by atomic mass is 10.1. The van der Waals surface area contributed by atoms with Gasteiger partial charge >= 0.3 is 0 Å².